The fraction of sp³-hybridized carbons (Fsp3) is 0.421. The van der Waals surface area contributed by atoms with Crippen LogP contribution in [0.2, 0.25) is 5.02 Å². The number of nitrogens with one attached hydrogen (secondary N) is 2. The fourth-order valence-corrected chi connectivity index (χ4v) is 4.38. The quantitative estimate of drug-likeness (QED) is 0.621. The van der Waals surface area contributed by atoms with E-state index < -0.39 is 0 Å². The number of piperazine rings is 1. The molecule has 2 N–H and O–H groups in total. The molecule has 4 rings (SSSR count). The normalized spacial score (nSPS) is 20.3. The van der Waals surface area contributed by atoms with Crippen LogP contribution in [0.4, 0.5) is 0 Å². The number of aryl methyl sites for hydroxylation is 2. The van der Waals surface area contributed by atoms with Crippen molar-refractivity contribution < 1.29 is 9.80 Å². The third kappa shape index (κ3) is 4.06. The van der Waals surface area contributed by atoms with Crippen LogP contribution in [0, 0.1) is 18.6 Å². The molecule has 27 heavy (non-hydrogen) atoms. The van der Waals surface area contributed by atoms with E-state index in [1.807, 2.05) is 23.6 Å². The van der Waals surface area contributed by atoms with Crippen molar-refractivity contribution in [2.45, 2.75) is 27.1 Å². The Morgan fingerprint density at radius 2 is 1.81 bits per heavy atom. The molecular formula is C19H25ClN6S+2. The standard InChI is InChI=1S/C19H23ClN6S/c1-14-10-15(2)26-18(21-14)22-19(27)25(26)13-24-8-6-23(7-9-24)12-16-4-3-5-17(20)11-16/h3-5,10-11H,6-9,12-13H2,1-2H3/p+2. The Morgan fingerprint density at radius 3 is 2.56 bits per heavy atom. The summed E-state index contributed by atoms with van der Waals surface area (Å²) in [5.74, 6) is 0.696. The minimum atomic E-state index is 0.609. The van der Waals surface area contributed by atoms with Gasteiger partial charge in [0.2, 0.25) is 4.77 Å². The van der Waals surface area contributed by atoms with E-state index in [-0.39, 0.29) is 0 Å². The molecule has 0 atom stereocenters. The summed E-state index contributed by atoms with van der Waals surface area (Å²) in [5, 5.41) is 0.817. The van der Waals surface area contributed by atoms with Gasteiger partial charge in [-0.1, -0.05) is 23.7 Å². The highest BCUT2D eigenvalue weighted by atomic mass is 35.5. The molecule has 0 unspecified atom stereocenters. The van der Waals surface area contributed by atoms with Gasteiger partial charge in [-0.25, -0.2) is 14.2 Å². The van der Waals surface area contributed by atoms with Crippen molar-refractivity contribution in [1.82, 2.24) is 19.2 Å². The number of halogens is 1. The van der Waals surface area contributed by atoms with Crippen LogP contribution >= 0.6 is 23.8 Å². The van der Waals surface area contributed by atoms with Crippen molar-refractivity contribution in [3.05, 3.63) is 57.1 Å². The monoisotopic (exact) mass is 404 g/mol. The highest BCUT2D eigenvalue weighted by Crippen LogP contribution is 2.09. The number of rotatable bonds is 4. The van der Waals surface area contributed by atoms with Gasteiger partial charge in [0.1, 0.15) is 32.7 Å². The summed E-state index contributed by atoms with van der Waals surface area (Å²) < 4.78 is 4.74. The van der Waals surface area contributed by atoms with E-state index in [0.29, 0.717) is 10.5 Å². The molecule has 8 heteroatoms. The lowest BCUT2D eigenvalue weighted by Crippen LogP contribution is -3.27. The van der Waals surface area contributed by atoms with Crippen molar-refractivity contribution in [2.24, 2.45) is 0 Å². The van der Waals surface area contributed by atoms with Crippen LogP contribution in [-0.4, -0.2) is 45.3 Å². The van der Waals surface area contributed by atoms with E-state index in [9.17, 15) is 0 Å². The minimum absolute atomic E-state index is 0.609. The average Bonchev–Trinajstić information content (AvgIpc) is 2.92. The first-order valence-electron chi connectivity index (χ1n) is 9.35. The van der Waals surface area contributed by atoms with E-state index in [2.05, 4.69) is 39.8 Å². The molecule has 0 radical (unpaired) electrons. The second-order valence-electron chi connectivity index (χ2n) is 7.41. The lowest BCUT2D eigenvalue weighted by molar-refractivity contribution is -1.03. The first-order chi connectivity index (χ1) is 13.0. The van der Waals surface area contributed by atoms with E-state index in [0.717, 1.165) is 55.8 Å². The van der Waals surface area contributed by atoms with Crippen molar-refractivity contribution in [1.29, 1.82) is 0 Å². The molecule has 0 amide bonds. The molecule has 0 aliphatic carbocycles. The van der Waals surface area contributed by atoms with Crippen molar-refractivity contribution in [3.63, 3.8) is 0 Å². The summed E-state index contributed by atoms with van der Waals surface area (Å²) >= 11 is 11.6. The molecular weight excluding hydrogens is 380 g/mol. The van der Waals surface area contributed by atoms with Gasteiger partial charge < -0.3 is 9.80 Å². The maximum Gasteiger partial charge on any atom is 0.252 e. The number of fused-ring (bicyclic) bond motifs is 1. The van der Waals surface area contributed by atoms with Crippen LogP contribution in [0.15, 0.2) is 30.3 Å². The van der Waals surface area contributed by atoms with Crippen LogP contribution in [0.5, 0.6) is 0 Å². The Hall–Kier alpha value is -1.80. The molecule has 3 heterocycles. The van der Waals surface area contributed by atoms with Gasteiger partial charge in [-0.15, -0.1) is 0 Å². The molecule has 142 valence electrons. The minimum Gasteiger partial charge on any atom is -0.322 e. The number of nitrogens with zero attached hydrogens (tertiary/aromatic N) is 4. The molecule has 0 bridgehead atoms. The molecule has 1 fully saturated rings. The van der Waals surface area contributed by atoms with Gasteiger partial charge in [-0.2, -0.15) is 4.98 Å². The van der Waals surface area contributed by atoms with E-state index in [1.54, 1.807) is 4.90 Å². The summed E-state index contributed by atoms with van der Waals surface area (Å²) in [4.78, 5) is 12.1. The topological polar surface area (TPSA) is 44.0 Å². The van der Waals surface area contributed by atoms with Gasteiger partial charge >= 0.3 is 0 Å². The molecule has 1 aliphatic rings. The molecule has 1 saturated heterocycles. The number of quaternary nitrogens is 2. The van der Waals surface area contributed by atoms with Crippen LogP contribution in [-0.2, 0) is 13.2 Å². The van der Waals surface area contributed by atoms with Gasteiger partial charge in [0.15, 0.2) is 6.67 Å². The summed E-state index contributed by atoms with van der Waals surface area (Å²) in [5.41, 5.74) is 3.39. The van der Waals surface area contributed by atoms with Gasteiger partial charge in [-0.05, 0) is 44.3 Å². The molecule has 1 aromatic carbocycles. The average molecular weight is 405 g/mol. The lowest BCUT2D eigenvalue weighted by Gasteiger charge is -2.30. The van der Waals surface area contributed by atoms with Crippen LogP contribution < -0.4 is 9.80 Å². The van der Waals surface area contributed by atoms with Gasteiger partial charge in [-0.3, -0.25) is 0 Å². The zero-order valence-electron chi connectivity index (χ0n) is 15.7. The van der Waals surface area contributed by atoms with Crippen molar-refractivity contribution in [3.8, 4) is 0 Å². The second-order valence-corrected chi connectivity index (χ2v) is 8.21. The smallest absolute Gasteiger partial charge is 0.252 e. The van der Waals surface area contributed by atoms with Crippen molar-refractivity contribution in [2.75, 3.05) is 26.2 Å². The summed E-state index contributed by atoms with van der Waals surface area (Å²) in [6, 6.07) is 10.3. The predicted molar refractivity (Wildman–Crippen MR) is 108 cm³/mol. The number of aromatic nitrogens is 4. The molecule has 6 nitrogen and oxygen atoms in total. The van der Waals surface area contributed by atoms with Crippen LogP contribution in [0.3, 0.4) is 0 Å². The van der Waals surface area contributed by atoms with Gasteiger partial charge in [0, 0.05) is 22.0 Å². The molecule has 0 spiro atoms. The zero-order chi connectivity index (χ0) is 19.0. The van der Waals surface area contributed by atoms with Gasteiger partial charge in [0.05, 0.1) is 0 Å². The number of hydrogen-bond acceptors (Lipinski definition) is 3. The van der Waals surface area contributed by atoms with E-state index in [4.69, 9.17) is 23.8 Å². The second kappa shape index (κ2) is 7.67. The number of hydrogen-bond donors (Lipinski definition) is 2. The lowest BCUT2D eigenvalue weighted by atomic mass is 10.2. The Bertz CT molecular complexity index is 1020. The van der Waals surface area contributed by atoms with E-state index in [1.165, 1.54) is 10.5 Å². The Kier molecular flexibility index (Phi) is 5.27. The third-order valence-corrected chi connectivity index (χ3v) is 5.79. The molecule has 3 aromatic rings. The Morgan fingerprint density at radius 1 is 1.07 bits per heavy atom. The zero-order valence-corrected chi connectivity index (χ0v) is 17.3. The Labute approximate surface area is 169 Å². The summed E-state index contributed by atoms with van der Waals surface area (Å²) in [6.07, 6.45) is 0. The SMILES string of the molecule is Cc1cc(C)n2c(n1)nc(=S)n2C[NH+]1CC[NH+](Cc2cccc(Cl)c2)CC1. The number of benzene rings is 1. The fourth-order valence-electron chi connectivity index (χ4n) is 3.94. The summed E-state index contributed by atoms with van der Waals surface area (Å²) in [7, 11) is 0. The van der Waals surface area contributed by atoms with Crippen molar-refractivity contribution >= 4 is 29.6 Å². The highest BCUT2D eigenvalue weighted by molar-refractivity contribution is 7.71. The third-order valence-electron chi connectivity index (χ3n) is 5.26. The molecule has 1 aliphatic heterocycles. The first kappa shape index (κ1) is 18.6. The Balaban J connectivity index is 1.43. The predicted octanol–water partition coefficient (Wildman–Crippen LogP) is 0.472. The van der Waals surface area contributed by atoms with E-state index >= 15 is 0 Å². The maximum absolute atomic E-state index is 6.11. The van der Waals surface area contributed by atoms with Crippen LogP contribution in [0.25, 0.3) is 5.78 Å². The van der Waals surface area contributed by atoms with Gasteiger partial charge in [0.25, 0.3) is 5.78 Å². The molecule has 2 aromatic heterocycles. The largest absolute Gasteiger partial charge is 0.322 e. The molecule has 0 saturated carbocycles. The highest BCUT2D eigenvalue weighted by Gasteiger charge is 2.24. The summed E-state index contributed by atoms with van der Waals surface area (Å²) in [6.45, 7) is 10.4. The van der Waals surface area contributed by atoms with Crippen LogP contribution in [0.1, 0.15) is 17.0 Å². The first-order valence-corrected chi connectivity index (χ1v) is 10.1. The maximum atomic E-state index is 6.11.